The smallest absolute Gasteiger partial charge is 0.191 e. The van der Waals surface area contributed by atoms with Crippen molar-refractivity contribution < 1.29 is 9.47 Å². The lowest BCUT2D eigenvalue weighted by molar-refractivity contribution is 0.0392. The van der Waals surface area contributed by atoms with Crippen LogP contribution in [0.5, 0.6) is 5.75 Å². The van der Waals surface area contributed by atoms with E-state index in [1.165, 1.54) is 0 Å². The number of hydrogen-bond acceptors (Lipinski definition) is 4. The molecule has 0 spiro atoms. The summed E-state index contributed by atoms with van der Waals surface area (Å²) in [7, 11) is 2.18. The molecule has 0 atom stereocenters. The molecular weight excluding hydrogens is 340 g/mol. The highest BCUT2D eigenvalue weighted by Crippen LogP contribution is 2.15. The largest absolute Gasteiger partial charge is 0.492 e. The van der Waals surface area contributed by atoms with Gasteiger partial charge < -0.3 is 20.1 Å². The normalized spacial score (nSPS) is 15.8. The molecule has 1 heterocycles. The van der Waals surface area contributed by atoms with Gasteiger partial charge in [-0.15, -0.1) is 0 Å². The van der Waals surface area contributed by atoms with E-state index in [1.807, 2.05) is 12.1 Å². The molecule has 1 aromatic carbocycles. The highest BCUT2D eigenvalue weighted by molar-refractivity contribution is 5.79. The van der Waals surface area contributed by atoms with Crippen LogP contribution < -0.4 is 15.4 Å². The van der Waals surface area contributed by atoms with Crippen molar-refractivity contribution in [1.29, 1.82) is 0 Å². The molecule has 27 heavy (non-hydrogen) atoms. The van der Waals surface area contributed by atoms with Gasteiger partial charge in [-0.1, -0.05) is 19.1 Å². The van der Waals surface area contributed by atoms with Gasteiger partial charge in [0.15, 0.2) is 5.96 Å². The Labute approximate surface area is 164 Å². The summed E-state index contributed by atoms with van der Waals surface area (Å²) in [5.41, 5.74) is 1.15. The molecule has 1 aliphatic heterocycles. The van der Waals surface area contributed by atoms with Gasteiger partial charge in [0.2, 0.25) is 0 Å². The summed E-state index contributed by atoms with van der Waals surface area (Å²) in [5.74, 6) is 1.78. The topological polar surface area (TPSA) is 58.1 Å². The van der Waals surface area contributed by atoms with Crippen LogP contribution in [0.25, 0.3) is 0 Å². The minimum atomic E-state index is 0.614. The van der Waals surface area contributed by atoms with Gasteiger partial charge >= 0.3 is 0 Å². The zero-order chi connectivity index (χ0) is 19.3. The molecule has 0 bridgehead atoms. The summed E-state index contributed by atoms with van der Waals surface area (Å²) >= 11 is 0. The molecule has 1 saturated heterocycles. The third-order valence-corrected chi connectivity index (χ3v) is 4.73. The van der Waals surface area contributed by atoms with Crippen molar-refractivity contribution in [2.75, 3.05) is 46.5 Å². The third-order valence-electron chi connectivity index (χ3n) is 4.73. The Morgan fingerprint density at radius 1 is 1.26 bits per heavy atom. The van der Waals surface area contributed by atoms with Gasteiger partial charge in [-0.2, -0.15) is 0 Å². The second kappa shape index (κ2) is 12.6. The zero-order valence-corrected chi connectivity index (χ0v) is 17.2. The first-order valence-corrected chi connectivity index (χ1v) is 10.2. The standard InChI is InChI=1S/C21H36N4O2/c1-4-11-23-21(22-5-2)24-17-18-7-6-8-20(16-18)27-15-12-25(3)19-9-13-26-14-10-19/h6-8,16,19H,4-5,9-15,17H2,1-3H3,(H2,22,23,24). The van der Waals surface area contributed by atoms with Crippen molar-refractivity contribution in [2.45, 2.75) is 45.7 Å². The van der Waals surface area contributed by atoms with Gasteiger partial charge in [0, 0.05) is 38.9 Å². The molecule has 0 radical (unpaired) electrons. The summed E-state index contributed by atoms with van der Waals surface area (Å²) in [5, 5.41) is 6.60. The molecule has 1 fully saturated rings. The summed E-state index contributed by atoms with van der Waals surface area (Å²) in [6.45, 7) is 10.0. The van der Waals surface area contributed by atoms with Crippen molar-refractivity contribution in [3.63, 3.8) is 0 Å². The number of benzene rings is 1. The van der Waals surface area contributed by atoms with E-state index in [2.05, 4.69) is 53.6 Å². The molecule has 0 aromatic heterocycles. The van der Waals surface area contributed by atoms with Gasteiger partial charge in [0.05, 0.1) is 6.54 Å². The Kier molecular flexibility index (Phi) is 10.0. The SMILES string of the molecule is CCCNC(=NCc1cccc(OCCN(C)C2CCOCC2)c1)NCC. The lowest BCUT2D eigenvalue weighted by atomic mass is 10.1. The monoisotopic (exact) mass is 376 g/mol. The van der Waals surface area contributed by atoms with E-state index >= 15 is 0 Å². The molecule has 2 N–H and O–H groups in total. The summed E-state index contributed by atoms with van der Waals surface area (Å²) < 4.78 is 11.4. The average molecular weight is 377 g/mol. The van der Waals surface area contributed by atoms with E-state index in [-0.39, 0.29) is 0 Å². The molecule has 1 aromatic rings. The number of rotatable bonds is 10. The summed E-state index contributed by atoms with van der Waals surface area (Å²) in [6.07, 6.45) is 3.31. The van der Waals surface area contributed by atoms with Gasteiger partial charge in [0.25, 0.3) is 0 Å². The first kappa shape index (κ1) is 21.5. The highest BCUT2D eigenvalue weighted by Gasteiger charge is 2.17. The van der Waals surface area contributed by atoms with Crippen molar-refractivity contribution in [3.05, 3.63) is 29.8 Å². The third kappa shape index (κ3) is 8.18. The Balaban J connectivity index is 1.79. The number of aliphatic imine (C=N–C) groups is 1. The van der Waals surface area contributed by atoms with E-state index in [0.717, 1.165) is 69.4 Å². The van der Waals surface area contributed by atoms with Crippen LogP contribution in [-0.4, -0.2) is 63.4 Å². The molecule has 6 nitrogen and oxygen atoms in total. The molecule has 0 amide bonds. The van der Waals surface area contributed by atoms with Crippen LogP contribution in [0.15, 0.2) is 29.3 Å². The predicted molar refractivity (Wildman–Crippen MR) is 112 cm³/mol. The van der Waals surface area contributed by atoms with Gasteiger partial charge in [0.1, 0.15) is 12.4 Å². The number of nitrogens with one attached hydrogen (secondary N) is 2. The Morgan fingerprint density at radius 2 is 2.07 bits per heavy atom. The average Bonchev–Trinajstić information content (AvgIpc) is 2.71. The fraction of sp³-hybridized carbons (Fsp3) is 0.667. The molecule has 6 heteroatoms. The quantitative estimate of drug-likeness (QED) is 0.486. The van der Waals surface area contributed by atoms with Crippen LogP contribution in [0.1, 0.15) is 38.7 Å². The van der Waals surface area contributed by atoms with Crippen molar-refractivity contribution >= 4 is 5.96 Å². The first-order chi connectivity index (χ1) is 13.2. The lowest BCUT2D eigenvalue weighted by Crippen LogP contribution is -2.38. The Morgan fingerprint density at radius 3 is 2.81 bits per heavy atom. The second-order valence-electron chi connectivity index (χ2n) is 6.94. The van der Waals surface area contributed by atoms with Crippen molar-refractivity contribution in [3.8, 4) is 5.75 Å². The van der Waals surface area contributed by atoms with Gasteiger partial charge in [-0.25, -0.2) is 4.99 Å². The van der Waals surface area contributed by atoms with Crippen molar-refractivity contribution in [2.24, 2.45) is 4.99 Å². The molecule has 1 aliphatic rings. The fourth-order valence-corrected chi connectivity index (χ4v) is 3.11. The number of guanidine groups is 1. The minimum Gasteiger partial charge on any atom is -0.492 e. The van der Waals surface area contributed by atoms with E-state index in [9.17, 15) is 0 Å². The number of nitrogens with zero attached hydrogens (tertiary/aromatic N) is 2. The van der Waals surface area contributed by atoms with E-state index in [0.29, 0.717) is 19.2 Å². The summed E-state index contributed by atoms with van der Waals surface area (Å²) in [4.78, 5) is 7.04. The zero-order valence-electron chi connectivity index (χ0n) is 17.2. The lowest BCUT2D eigenvalue weighted by Gasteiger charge is -2.31. The number of ether oxygens (including phenoxy) is 2. The summed E-state index contributed by atoms with van der Waals surface area (Å²) in [6, 6.07) is 8.84. The number of hydrogen-bond donors (Lipinski definition) is 2. The van der Waals surface area contributed by atoms with Crippen LogP contribution in [0, 0.1) is 0 Å². The molecule has 2 rings (SSSR count). The van der Waals surface area contributed by atoms with Crippen molar-refractivity contribution in [1.82, 2.24) is 15.5 Å². The van der Waals surface area contributed by atoms with Gasteiger partial charge in [-0.05, 0) is 50.9 Å². The highest BCUT2D eigenvalue weighted by atomic mass is 16.5. The minimum absolute atomic E-state index is 0.614. The molecule has 152 valence electrons. The van der Waals surface area contributed by atoms with Crippen LogP contribution >= 0.6 is 0 Å². The first-order valence-electron chi connectivity index (χ1n) is 10.2. The molecule has 0 saturated carbocycles. The predicted octanol–water partition coefficient (Wildman–Crippen LogP) is 2.64. The second-order valence-corrected chi connectivity index (χ2v) is 6.94. The van der Waals surface area contributed by atoms with Crippen LogP contribution in [-0.2, 0) is 11.3 Å². The fourth-order valence-electron chi connectivity index (χ4n) is 3.11. The maximum Gasteiger partial charge on any atom is 0.191 e. The maximum absolute atomic E-state index is 5.97. The van der Waals surface area contributed by atoms with E-state index in [1.54, 1.807) is 0 Å². The Bertz CT molecular complexity index is 559. The molecular formula is C21H36N4O2. The van der Waals surface area contributed by atoms with Crippen LogP contribution in [0.4, 0.5) is 0 Å². The van der Waals surface area contributed by atoms with Gasteiger partial charge in [-0.3, -0.25) is 4.90 Å². The van der Waals surface area contributed by atoms with Crippen LogP contribution in [0.3, 0.4) is 0 Å². The molecule has 0 aliphatic carbocycles. The van der Waals surface area contributed by atoms with E-state index < -0.39 is 0 Å². The Hall–Kier alpha value is -1.79. The molecule has 0 unspecified atom stereocenters. The van der Waals surface area contributed by atoms with E-state index in [4.69, 9.17) is 9.47 Å². The van der Waals surface area contributed by atoms with Crippen LogP contribution in [0.2, 0.25) is 0 Å². The maximum atomic E-state index is 5.97. The number of likely N-dealkylation sites (N-methyl/N-ethyl adjacent to an activating group) is 1.